The third kappa shape index (κ3) is 5.20. The number of benzene rings is 3. The maximum atomic E-state index is 12.9. The first-order chi connectivity index (χ1) is 17.6. The number of nitrogens with zero attached hydrogens (tertiary/aromatic N) is 4. The summed E-state index contributed by atoms with van der Waals surface area (Å²) in [5.41, 5.74) is 4.69. The van der Waals surface area contributed by atoms with Crippen molar-refractivity contribution in [2.75, 3.05) is 13.1 Å². The highest BCUT2D eigenvalue weighted by molar-refractivity contribution is 5.92. The van der Waals surface area contributed by atoms with Crippen LogP contribution in [0.25, 0.3) is 0 Å². The Bertz CT molecular complexity index is 1300. The summed E-state index contributed by atoms with van der Waals surface area (Å²) in [4.78, 5) is 27.3. The van der Waals surface area contributed by atoms with Gasteiger partial charge in [-0.15, -0.1) is 5.10 Å². The van der Waals surface area contributed by atoms with E-state index in [1.807, 2.05) is 77.7 Å². The summed E-state index contributed by atoms with van der Waals surface area (Å²) in [6.45, 7) is 3.71. The molecule has 1 aliphatic rings. The SMILES string of the molecule is Cc1ccccc1CN1CC(CNC(=O)c2cn(C(c3ccccc3)c3ccccc3)nn2)CC1=O. The quantitative estimate of drug-likeness (QED) is 0.414. The third-order valence-corrected chi connectivity index (χ3v) is 6.71. The molecule has 3 aromatic carbocycles. The predicted molar refractivity (Wildman–Crippen MR) is 137 cm³/mol. The standard InChI is InChI=1S/C29H29N5O2/c1-21-10-8-9-15-25(21)19-33-18-22(16-27(33)35)17-30-29(36)26-20-34(32-31-26)28(23-11-4-2-5-12-23)24-13-6-3-7-14-24/h2-15,20,22,28H,16-19H2,1H3,(H,30,36). The van der Waals surface area contributed by atoms with E-state index in [0.29, 0.717) is 26.1 Å². The molecule has 1 aromatic heterocycles. The number of rotatable bonds is 8. The van der Waals surface area contributed by atoms with Gasteiger partial charge in [-0.25, -0.2) is 4.68 Å². The van der Waals surface area contributed by atoms with Crippen LogP contribution in [0.15, 0.2) is 91.1 Å². The largest absolute Gasteiger partial charge is 0.350 e. The minimum Gasteiger partial charge on any atom is -0.350 e. The molecule has 1 N–H and O–H groups in total. The first-order valence-corrected chi connectivity index (χ1v) is 12.2. The van der Waals surface area contributed by atoms with Crippen molar-refractivity contribution >= 4 is 11.8 Å². The Hall–Kier alpha value is -4.26. The molecule has 1 aliphatic heterocycles. The van der Waals surface area contributed by atoms with Crippen LogP contribution in [-0.2, 0) is 11.3 Å². The zero-order chi connectivity index (χ0) is 24.9. The Morgan fingerprint density at radius 3 is 2.28 bits per heavy atom. The fourth-order valence-electron chi connectivity index (χ4n) is 4.74. The van der Waals surface area contributed by atoms with Crippen molar-refractivity contribution in [1.82, 2.24) is 25.2 Å². The average Bonchev–Trinajstić information content (AvgIpc) is 3.52. The molecule has 1 atom stereocenters. The molecule has 7 heteroatoms. The summed E-state index contributed by atoms with van der Waals surface area (Å²) >= 11 is 0. The molecule has 182 valence electrons. The van der Waals surface area contributed by atoms with Crippen LogP contribution in [0.3, 0.4) is 0 Å². The summed E-state index contributed by atoms with van der Waals surface area (Å²) in [5.74, 6) is -0.0927. The topological polar surface area (TPSA) is 80.1 Å². The number of aryl methyl sites for hydroxylation is 1. The zero-order valence-corrected chi connectivity index (χ0v) is 20.2. The monoisotopic (exact) mass is 479 g/mol. The molecule has 2 heterocycles. The van der Waals surface area contributed by atoms with Crippen LogP contribution >= 0.6 is 0 Å². The van der Waals surface area contributed by atoms with Gasteiger partial charge in [-0.1, -0.05) is 90.1 Å². The van der Waals surface area contributed by atoms with E-state index >= 15 is 0 Å². The lowest BCUT2D eigenvalue weighted by molar-refractivity contribution is -0.128. The number of carbonyl (C=O) groups excluding carboxylic acids is 2. The smallest absolute Gasteiger partial charge is 0.273 e. The Kier molecular flexibility index (Phi) is 6.89. The maximum absolute atomic E-state index is 12.9. The third-order valence-electron chi connectivity index (χ3n) is 6.71. The lowest BCUT2D eigenvalue weighted by Crippen LogP contribution is -2.31. The first kappa shape index (κ1) is 23.5. The molecule has 0 radical (unpaired) electrons. The molecule has 1 saturated heterocycles. The van der Waals surface area contributed by atoms with E-state index in [2.05, 4.69) is 34.7 Å². The van der Waals surface area contributed by atoms with E-state index < -0.39 is 0 Å². The molecular weight excluding hydrogens is 450 g/mol. The highest BCUT2D eigenvalue weighted by Crippen LogP contribution is 2.26. The molecule has 0 saturated carbocycles. The van der Waals surface area contributed by atoms with Gasteiger partial charge < -0.3 is 10.2 Å². The number of amides is 2. The van der Waals surface area contributed by atoms with Crippen molar-refractivity contribution in [2.45, 2.75) is 25.9 Å². The minimum absolute atomic E-state index is 0.0712. The van der Waals surface area contributed by atoms with Crippen LogP contribution in [0.5, 0.6) is 0 Å². The van der Waals surface area contributed by atoms with Gasteiger partial charge in [0.25, 0.3) is 5.91 Å². The number of aromatic nitrogens is 3. The van der Waals surface area contributed by atoms with Gasteiger partial charge in [-0.2, -0.15) is 0 Å². The Balaban J connectivity index is 1.23. The number of hydrogen-bond acceptors (Lipinski definition) is 4. The van der Waals surface area contributed by atoms with Crippen molar-refractivity contribution in [3.05, 3.63) is 119 Å². The molecule has 7 nitrogen and oxygen atoms in total. The fourth-order valence-corrected chi connectivity index (χ4v) is 4.74. The molecule has 0 spiro atoms. The molecular formula is C29H29N5O2. The van der Waals surface area contributed by atoms with Gasteiger partial charge >= 0.3 is 0 Å². The summed E-state index contributed by atoms with van der Waals surface area (Å²) in [6.07, 6.45) is 2.12. The molecule has 4 aromatic rings. The number of carbonyl (C=O) groups is 2. The lowest BCUT2D eigenvalue weighted by atomic mass is 9.99. The second kappa shape index (κ2) is 10.6. The van der Waals surface area contributed by atoms with Crippen LogP contribution in [-0.4, -0.2) is 44.8 Å². The maximum Gasteiger partial charge on any atom is 0.273 e. The molecule has 1 fully saturated rings. The first-order valence-electron chi connectivity index (χ1n) is 12.2. The van der Waals surface area contributed by atoms with Gasteiger partial charge in [0, 0.05) is 32.0 Å². The summed E-state index contributed by atoms with van der Waals surface area (Å²) in [7, 11) is 0. The van der Waals surface area contributed by atoms with E-state index in [9.17, 15) is 9.59 Å². The highest BCUT2D eigenvalue weighted by atomic mass is 16.2. The van der Waals surface area contributed by atoms with Crippen LogP contribution in [0.1, 0.15) is 45.2 Å². The Morgan fingerprint density at radius 1 is 0.972 bits per heavy atom. The Labute approximate surface area is 210 Å². The Morgan fingerprint density at radius 2 is 1.61 bits per heavy atom. The molecule has 1 unspecified atom stereocenters. The number of nitrogens with one attached hydrogen (secondary N) is 1. The molecule has 5 rings (SSSR count). The van der Waals surface area contributed by atoms with Crippen molar-refractivity contribution in [3.63, 3.8) is 0 Å². The van der Waals surface area contributed by atoms with Gasteiger partial charge in [-0.05, 0) is 29.2 Å². The van der Waals surface area contributed by atoms with Gasteiger partial charge in [0.1, 0.15) is 6.04 Å². The fraction of sp³-hybridized carbons (Fsp3) is 0.241. The van der Waals surface area contributed by atoms with E-state index in [1.165, 1.54) is 5.56 Å². The van der Waals surface area contributed by atoms with Gasteiger partial charge in [0.2, 0.25) is 5.91 Å². The summed E-state index contributed by atoms with van der Waals surface area (Å²) in [6, 6.07) is 28.0. The molecule has 36 heavy (non-hydrogen) atoms. The molecule has 0 bridgehead atoms. The van der Waals surface area contributed by atoms with E-state index in [4.69, 9.17) is 0 Å². The van der Waals surface area contributed by atoms with Crippen LogP contribution in [0.2, 0.25) is 0 Å². The van der Waals surface area contributed by atoms with Crippen LogP contribution in [0, 0.1) is 12.8 Å². The van der Waals surface area contributed by atoms with Crippen molar-refractivity contribution < 1.29 is 9.59 Å². The van der Waals surface area contributed by atoms with Crippen LogP contribution in [0.4, 0.5) is 0 Å². The van der Waals surface area contributed by atoms with Crippen molar-refractivity contribution in [3.8, 4) is 0 Å². The molecule has 2 amide bonds. The second-order valence-electron chi connectivity index (χ2n) is 9.29. The average molecular weight is 480 g/mol. The van der Waals surface area contributed by atoms with Crippen molar-refractivity contribution in [2.24, 2.45) is 5.92 Å². The van der Waals surface area contributed by atoms with Gasteiger partial charge in [-0.3, -0.25) is 9.59 Å². The van der Waals surface area contributed by atoms with Crippen molar-refractivity contribution in [1.29, 1.82) is 0 Å². The summed E-state index contributed by atoms with van der Waals surface area (Å²) in [5, 5.41) is 11.4. The normalized spacial score (nSPS) is 15.4. The number of hydrogen-bond donors (Lipinski definition) is 1. The van der Waals surface area contributed by atoms with Gasteiger partial charge in [0.15, 0.2) is 5.69 Å². The minimum atomic E-state index is -0.286. The second-order valence-corrected chi connectivity index (χ2v) is 9.29. The zero-order valence-electron chi connectivity index (χ0n) is 20.2. The van der Waals surface area contributed by atoms with Gasteiger partial charge in [0.05, 0.1) is 6.20 Å². The number of likely N-dealkylation sites (tertiary alicyclic amines) is 1. The van der Waals surface area contributed by atoms with E-state index in [0.717, 1.165) is 16.7 Å². The molecule has 0 aliphatic carbocycles. The van der Waals surface area contributed by atoms with E-state index in [-0.39, 0.29) is 29.5 Å². The summed E-state index contributed by atoms with van der Waals surface area (Å²) < 4.78 is 1.72. The highest BCUT2D eigenvalue weighted by Gasteiger charge is 2.30. The predicted octanol–water partition coefficient (Wildman–Crippen LogP) is 4.00. The van der Waals surface area contributed by atoms with Crippen LogP contribution < -0.4 is 5.32 Å². The van der Waals surface area contributed by atoms with E-state index in [1.54, 1.807) is 10.9 Å². The lowest BCUT2D eigenvalue weighted by Gasteiger charge is -2.18.